The van der Waals surface area contributed by atoms with Gasteiger partial charge in [-0.1, -0.05) is 6.08 Å². The van der Waals surface area contributed by atoms with Crippen LogP contribution in [0.3, 0.4) is 0 Å². The van der Waals surface area contributed by atoms with E-state index in [2.05, 4.69) is 11.1 Å². The van der Waals surface area contributed by atoms with E-state index >= 15 is 0 Å². The second-order valence-electron chi connectivity index (χ2n) is 6.08. The van der Waals surface area contributed by atoms with Crippen molar-refractivity contribution < 1.29 is 9.18 Å². The molecule has 1 fully saturated rings. The van der Waals surface area contributed by atoms with Gasteiger partial charge >= 0.3 is 0 Å². The average molecular weight is 340 g/mol. The van der Waals surface area contributed by atoms with Crippen LogP contribution in [-0.2, 0) is 4.79 Å². The van der Waals surface area contributed by atoms with Crippen molar-refractivity contribution in [2.45, 2.75) is 19.3 Å². The van der Waals surface area contributed by atoms with Crippen molar-refractivity contribution in [2.75, 3.05) is 13.1 Å². The Morgan fingerprint density at radius 1 is 1.17 bits per heavy atom. The van der Waals surface area contributed by atoms with Gasteiger partial charge in [0.25, 0.3) is 0 Å². The molecule has 0 unspecified atom stereocenters. The van der Waals surface area contributed by atoms with Gasteiger partial charge in [-0.25, -0.2) is 9.37 Å². The second kappa shape index (κ2) is 6.32. The summed E-state index contributed by atoms with van der Waals surface area (Å²) in [5, 5.41) is 2.85. The van der Waals surface area contributed by atoms with Gasteiger partial charge < -0.3 is 4.90 Å². The summed E-state index contributed by atoms with van der Waals surface area (Å²) in [6, 6.07) is 6.36. The number of carbonyl (C=O) groups excluding carboxylic acids is 1. The Kier molecular flexibility index (Phi) is 4.02. The average Bonchev–Trinajstić information content (AvgIpc) is 3.34. The lowest BCUT2D eigenvalue weighted by atomic mass is 10.2. The van der Waals surface area contributed by atoms with Crippen LogP contribution in [0.2, 0.25) is 0 Å². The molecule has 4 rings (SSSR count). The van der Waals surface area contributed by atoms with Gasteiger partial charge in [0.1, 0.15) is 10.8 Å². The van der Waals surface area contributed by atoms with Gasteiger partial charge in [0, 0.05) is 29.6 Å². The fraction of sp³-hybridized carbons (Fsp3) is 0.263. The molecular weight excluding hydrogens is 323 g/mol. The van der Waals surface area contributed by atoms with E-state index < -0.39 is 0 Å². The van der Waals surface area contributed by atoms with E-state index in [-0.39, 0.29) is 11.7 Å². The quantitative estimate of drug-likeness (QED) is 0.835. The number of amides is 1. The van der Waals surface area contributed by atoms with E-state index in [9.17, 15) is 9.18 Å². The summed E-state index contributed by atoms with van der Waals surface area (Å²) in [4.78, 5) is 19.0. The Morgan fingerprint density at radius 3 is 2.67 bits per heavy atom. The molecule has 2 heterocycles. The van der Waals surface area contributed by atoms with Crippen LogP contribution in [0.15, 0.2) is 47.4 Å². The minimum atomic E-state index is -0.248. The topological polar surface area (TPSA) is 33.2 Å². The predicted octanol–water partition coefficient (Wildman–Crippen LogP) is 4.29. The molecule has 1 amide bonds. The largest absolute Gasteiger partial charge is 0.339 e. The highest BCUT2D eigenvalue weighted by Crippen LogP contribution is 2.32. The van der Waals surface area contributed by atoms with Crippen LogP contribution in [0.1, 0.15) is 25.0 Å². The summed E-state index contributed by atoms with van der Waals surface area (Å²) in [6.45, 7) is 1.74. The number of hydrogen-bond acceptors (Lipinski definition) is 3. The smallest absolute Gasteiger partial charge is 0.250 e. The highest BCUT2D eigenvalue weighted by atomic mass is 32.1. The molecule has 1 saturated heterocycles. The highest BCUT2D eigenvalue weighted by Gasteiger charge is 2.24. The van der Waals surface area contributed by atoms with Crippen LogP contribution >= 0.6 is 11.3 Å². The zero-order valence-corrected chi connectivity index (χ0v) is 14.0. The number of nitrogens with zero attached hydrogens (tertiary/aromatic N) is 2. The number of carbonyl (C=O) groups is 1. The number of halogens is 1. The first kappa shape index (κ1) is 15.3. The number of hydrogen-bond donors (Lipinski definition) is 0. The molecule has 5 heteroatoms. The maximum Gasteiger partial charge on any atom is 0.250 e. The zero-order chi connectivity index (χ0) is 16.5. The van der Waals surface area contributed by atoms with Crippen molar-refractivity contribution in [1.29, 1.82) is 0 Å². The molecule has 0 spiro atoms. The summed E-state index contributed by atoms with van der Waals surface area (Å²) >= 11 is 1.53. The molecule has 0 radical (unpaired) electrons. The van der Waals surface area contributed by atoms with E-state index in [1.165, 1.54) is 23.5 Å². The normalized spacial score (nSPS) is 17.1. The Bertz CT molecular complexity index is 829. The second-order valence-corrected chi connectivity index (χ2v) is 6.94. The first-order chi connectivity index (χ1) is 11.7. The number of thiazole rings is 1. The molecule has 3 nitrogen and oxygen atoms in total. The third kappa shape index (κ3) is 2.91. The molecular formula is C19H17FN2OS. The zero-order valence-electron chi connectivity index (χ0n) is 13.2. The number of allylic oxidation sites excluding steroid dienone is 3. The molecule has 2 aliphatic rings. The predicted molar refractivity (Wildman–Crippen MR) is 94.0 cm³/mol. The van der Waals surface area contributed by atoms with Gasteiger partial charge in [0.2, 0.25) is 5.91 Å². The fourth-order valence-electron chi connectivity index (χ4n) is 3.11. The Morgan fingerprint density at radius 2 is 1.92 bits per heavy atom. The molecule has 1 aromatic heterocycles. The lowest BCUT2D eigenvalue weighted by Gasteiger charge is -2.15. The van der Waals surface area contributed by atoms with Gasteiger partial charge in [-0.15, -0.1) is 11.3 Å². The van der Waals surface area contributed by atoms with Crippen LogP contribution in [0.4, 0.5) is 4.39 Å². The number of likely N-dealkylation sites (tertiary alicyclic amines) is 1. The number of aromatic nitrogens is 1. The van der Waals surface area contributed by atoms with Crippen molar-refractivity contribution in [3.63, 3.8) is 0 Å². The van der Waals surface area contributed by atoms with E-state index in [4.69, 9.17) is 0 Å². The lowest BCUT2D eigenvalue weighted by Crippen LogP contribution is -2.28. The molecule has 2 aromatic rings. The molecule has 122 valence electrons. The van der Waals surface area contributed by atoms with Gasteiger partial charge in [0.15, 0.2) is 0 Å². The lowest BCUT2D eigenvalue weighted by molar-refractivity contribution is -0.126. The van der Waals surface area contributed by atoms with Crippen molar-refractivity contribution in [3.05, 3.63) is 58.9 Å². The van der Waals surface area contributed by atoms with Gasteiger partial charge in [-0.3, -0.25) is 4.79 Å². The summed E-state index contributed by atoms with van der Waals surface area (Å²) in [5.41, 5.74) is 3.64. The van der Waals surface area contributed by atoms with E-state index in [0.29, 0.717) is 6.42 Å². The van der Waals surface area contributed by atoms with Gasteiger partial charge in [0.05, 0.1) is 5.69 Å². The van der Waals surface area contributed by atoms with Crippen molar-refractivity contribution >= 4 is 22.8 Å². The van der Waals surface area contributed by atoms with E-state index in [1.807, 2.05) is 16.4 Å². The maximum absolute atomic E-state index is 13.0. The molecule has 0 N–H and O–H groups in total. The molecule has 24 heavy (non-hydrogen) atoms. The molecule has 0 saturated carbocycles. The third-order valence-corrected chi connectivity index (χ3v) is 5.32. The Labute approximate surface area is 144 Å². The van der Waals surface area contributed by atoms with Crippen LogP contribution in [0.5, 0.6) is 0 Å². The van der Waals surface area contributed by atoms with Crippen molar-refractivity contribution in [2.24, 2.45) is 0 Å². The van der Waals surface area contributed by atoms with E-state index in [1.54, 1.807) is 12.1 Å². The first-order valence-corrected chi connectivity index (χ1v) is 9.00. The molecule has 0 atom stereocenters. The molecule has 1 aliphatic carbocycles. The Hall–Kier alpha value is -2.27. The summed E-state index contributed by atoms with van der Waals surface area (Å²) in [5.74, 6) is -0.0882. The van der Waals surface area contributed by atoms with Crippen LogP contribution in [0.25, 0.3) is 16.1 Å². The monoisotopic (exact) mass is 340 g/mol. The summed E-state index contributed by atoms with van der Waals surface area (Å²) in [6.07, 6.45) is 6.91. The minimum Gasteiger partial charge on any atom is -0.339 e. The van der Waals surface area contributed by atoms with Crippen LogP contribution in [-0.4, -0.2) is 28.9 Å². The number of rotatable bonds is 3. The van der Waals surface area contributed by atoms with Crippen molar-refractivity contribution in [3.8, 4) is 10.6 Å². The van der Waals surface area contributed by atoms with Gasteiger partial charge in [-0.05, 0) is 55.2 Å². The number of benzene rings is 1. The van der Waals surface area contributed by atoms with Crippen LogP contribution < -0.4 is 0 Å². The summed E-state index contributed by atoms with van der Waals surface area (Å²) in [7, 11) is 0. The maximum atomic E-state index is 13.0. The third-order valence-electron chi connectivity index (χ3n) is 4.43. The Balaban J connectivity index is 1.52. The first-order valence-electron chi connectivity index (χ1n) is 8.12. The highest BCUT2D eigenvalue weighted by molar-refractivity contribution is 7.13. The van der Waals surface area contributed by atoms with Crippen molar-refractivity contribution in [1.82, 2.24) is 9.88 Å². The van der Waals surface area contributed by atoms with Gasteiger partial charge in [-0.2, -0.15) is 0 Å². The fourth-order valence-corrected chi connectivity index (χ4v) is 3.94. The van der Waals surface area contributed by atoms with Crippen LogP contribution in [0, 0.1) is 5.82 Å². The van der Waals surface area contributed by atoms with E-state index in [0.717, 1.165) is 53.3 Å². The molecule has 0 bridgehead atoms. The molecule has 1 aromatic carbocycles. The molecule has 1 aliphatic heterocycles. The minimum absolute atomic E-state index is 0.160. The SMILES string of the molecule is O=C(C1=CC(c2csc(-c3ccc(F)cc3)n2)=CC1)N1CCCC1. The summed E-state index contributed by atoms with van der Waals surface area (Å²) < 4.78 is 13.0. The standard InChI is InChI=1S/C19H17FN2OS/c20-16-7-5-13(6-8-16)18-21-17(12-24-18)14-3-4-15(11-14)19(23)22-9-1-2-10-22/h3,5-8,11-12H,1-2,4,9-10H2.